The molecule has 152 valence electrons. The molecule has 1 aliphatic rings. The van der Waals surface area contributed by atoms with Gasteiger partial charge >= 0.3 is 0 Å². The highest BCUT2D eigenvalue weighted by Gasteiger charge is 2.21. The maximum Gasteiger partial charge on any atom is 0.161 e. The molecule has 3 aromatic rings. The zero-order chi connectivity index (χ0) is 20.8. The Hall–Kier alpha value is -2.88. The third-order valence-electron chi connectivity index (χ3n) is 5.19. The number of benzene rings is 3. The van der Waals surface area contributed by atoms with Crippen LogP contribution in [0.5, 0.6) is 5.75 Å². The minimum absolute atomic E-state index is 0.208. The minimum atomic E-state index is 0.208. The minimum Gasteiger partial charge on any atom is -0.487 e. The van der Waals surface area contributed by atoms with Crippen LogP contribution in [0.3, 0.4) is 0 Å². The number of ketones is 1. The van der Waals surface area contributed by atoms with Crippen LogP contribution >= 0.6 is 11.6 Å². The molecule has 1 fully saturated rings. The van der Waals surface area contributed by atoms with E-state index in [1.54, 1.807) is 0 Å². The van der Waals surface area contributed by atoms with Gasteiger partial charge in [-0.15, -0.1) is 0 Å². The van der Waals surface area contributed by atoms with Crippen molar-refractivity contribution >= 4 is 23.5 Å². The van der Waals surface area contributed by atoms with Crippen molar-refractivity contribution in [3.8, 4) is 5.75 Å². The first-order valence-corrected chi connectivity index (χ1v) is 10.5. The van der Waals surface area contributed by atoms with Gasteiger partial charge in [-0.2, -0.15) is 0 Å². The molecule has 1 heterocycles. The van der Waals surface area contributed by atoms with Crippen molar-refractivity contribution < 1.29 is 9.53 Å². The van der Waals surface area contributed by atoms with Crippen molar-refractivity contribution in [3.63, 3.8) is 0 Å². The Labute approximate surface area is 182 Å². The number of likely N-dealkylation sites (tertiary alicyclic amines) is 1. The summed E-state index contributed by atoms with van der Waals surface area (Å²) in [4.78, 5) is 14.8. The molecular weight excluding hydrogens is 394 g/mol. The van der Waals surface area contributed by atoms with Crippen LogP contribution in [0, 0.1) is 0 Å². The Kier molecular flexibility index (Phi) is 6.63. The van der Waals surface area contributed by atoms with Crippen molar-refractivity contribution in [1.29, 1.82) is 0 Å². The van der Waals surface area contributed by atoms with E-state index in [4.69, 9.17) is 16.3 Å². The Morgan fingerprint density at radius 1 is 0.933 bits per heavy atom. The lowest BCUT2D eigenvalue weighted by molar-refractivity contribution is -0.117. The number of Topliss-reactive ketones (excluding diaryl/α,β-unsaturated/α-hetero) is 1. The molecule has 3 nitrogen and oxygen atoms in total. The molecule has 0 spiro atoms. The van der Waals surface area contributed by atoms with Gasteiger partial charge in [0.2, 0.25) is 0 Å². The SMILES string of the molecule is O=C1CCN(Cc2ccccc2)C/C1=C\c1ccc(OCc2ccccc2)c(Cl)c1. The highest BCUT2D eigenvalue weighted by molar-refractivity contribution is 6.32. The molecular formula is C26H24ClNO2. The number of hydrogen-bond donors (Lipinski definition) is 0. The lowest BCUT2D eigenvalue weighted by atomic mass is 9.99. The average molecular weight is 418 g/mol. The number of carbonyl (C=O) groups excluding carboxylic acids is 1. The number of nitrogens with zero attached hydrogens (tertiary/aromatic N) is 1. The fraction of sp³-hybridized carbons (Fsp3) is 0.192. The van der Waals surface area contributed by atoms with Gasteiger partial charge in [0, 0.05) is 31.6 Å². The molecule has 30 heavy (non-hydrogen) atoms. The van der Waals surface area contributed by atoms with Crippen molar-refractivity contribution in [2.75, 3.05) is 13.1 Å². The smallest absolute Gasteiger partial charge is 0.161 e. The van der Waals surface area contributed by atoms with E-state index in [-0.39, 0.29) is 5.78 Å². The van der Waals surface area contributed by atoms with Gasteiger partial charge in [-0.1, -0.05) is 78.3 Å². The molecule has 1 saturated heterocycles. The van der Waals surface area contributed by atoms with Gasteiger partial charge in [-0.3, -0.25) is 9.69 Å². The van der Waals surface area contributed by atoms with E-state index in [9.17, 15) is 4.79 Å². The van der Waals surface area contributed by atoms with E-state index in [0.29, 0.717) is 30.3 Å². The maximum absolute atomic E-state index is 12.5. The number of piperidine rings is 1. The van der Waals surface area contributed by atoms with Crippen molar-refractivity contribution in [1.82, 2.24) is 4.90 Å². The molecule has 0 atom stereocenters. The second kappa shape index (κ2) is 9.75. The Morgan fingerprint density at radius 3 is 2.33 bits per heavy atom. The van der Waals surface area contributed by atoms with Crippen LogP contribution in [-0.2, 0) is 17.9 Å². The zero-order valence-corrected chi connectivity index (χ0v) is 17.5. The second-order valence-electron chi connectivity index (χ2n) is 7.50. The first-order valence-electron chi connectivity index (χ1n) is 10.1. The average Bonchev–Trinajstić information content (AvgIpc) is 2.77. The first-order chi connectivity index (χ1) is 14.7. The molecule has 0 amide bonds. The van der Waals surface area contributed by atoms with E-state index in [2.05, 4.69) is 17.0 Å². The van der Waals surface area contributed by atoms with Gasteiger partial charge in [-0.25, -0.2) is 0 Å². The number of hydrogen-bond acceptors (Lipinski definition) is 3. The van der Waals surface area contributed by atoms with Gasteiger partial charge in [0.05, 0.1) is 5.02 Å². The third kappa shape index (κ3) is 5.38. The predicted octanol–water partition coefficient (Wildman–Crippen LogP) is 5.78. The van der Waals surface area contributed by atoms with E-state index in [0.717, 1.165) is 29.8 Å². The second-order valence-corrected chi connectivity index (χ2v) is 7.91. The van der Waals surface area contributed by atoms with Crippen LogP contribution in [0.2, 0.25) is 5.02 Å². The van der Waals surface area contributed by atoms with Gasteiger partial charge in [0.25, 0.3) is 0 Å². The molecule has 0 radical (unpaired) electrons. The topological polar surface area (TPSA) is 29.5 Å². The summed E-state index contributed by atoms with van der Waals surface area (Å²) in [6, 6.07) is 26.0. The van der Waals surface area contributed by atoms with E-state index in [1.165, 1.54) is 5.56 Å². The molecule has 0 saturated carbocycles. The van der Waals surface area contributed by atoms with Crippen LogP contribution < -0.4 is 4.74 Å². The molecule has 0 N–H and O–H groups in total. The summed E-state index contributed by atoms with van der Waals surface area (Å²) in [6.45, 7) is 2.75. The summed E-state index contributed by atoms with van der Waals surface area (Å²) in [5.74, 6) is 0.850. The summed E-state index contributed by atoms with van der Waals surface area (Å²) in [6.07, 6.45) is 2.50. The summed E-state index contributed by atoms with van der Waals surface area (Å²) < 4.78 is 5.84. The van der Waals surface area contributed by atoms with Crippen LogP contribution in [0.1, 0.15) is 23.1 Å². The van der Waals surface area contributed by atoms with Gasteiger partial charge < -0.3 is 4.74 Å². The van der Waals surface area contributed by atoms with Gasteiger partial charge in [0.15, 0.2) is 5.78 Å². The molecule has 1 aliphatic heterocycles. The Morgan fingerprint density at radius 2 is 1.63 bits per heavy atom. The monoisotopic (exact) mass is 417 g/mol. The molecule has 4 heteroatoms. The largest absolute Gasteiger partial charge is 0.487 e. The van der Waals surface area contributed by atoms with Crippen LogP contribution in [0.25, 0.3) is 6.08 Å². The van der Waals surface area contributed by atoms with Crippen LogP contribution in [0.4, 0.5) is 0 Å². The normalized spacial score (nSPS) is 16.0. The summed E-state index contributed by atoms with van der Waals surface area (Å²) in [5.41, 5.74) is 4.09. The zero-order valence-electron chi connectivity index (χ0n) is 16.8. The highest BCUT2D eigenvalue weighted by Crippen LogP contribution is 2.28. The standard InChI is InChI=1S/C26H24ClNO2/c27-24-16-22(11-12-26(24)30-19-21-9-5-2-6-10-21)15-23-18-28(14-13-25(23)29)17-20-7-3-1-4-8-20/h1-12,15-16H,13-14,17-19H2/b23-15+. The summed E-state index contributed by atoms with van der Waals surface area (Å²) in [5, 5.41) is 0.546. The first kappa shape index (κ1) is 20.4. The Balaban J connectivity index is 1.43. The highest BCUT2D eigenvalue weighted by atomic mass is 35.5. The lowest BCUT2D eigenvalue weighted by Crippen LogP contribution is -2.35. The van der Waals surface area contributed by atoms with Gasteiger partial charge in [-0.05, 0) is 34.9 Å². The number of rotatable bonds is 6. The molecule has 4 rings (SSSR count). The van der Waals surface area contributed by atoms with Gasteiger partial charge in [0.1, 0.15) is 12.4 Å². The molecule has 0 aromatic heterocycles. The van der Waals surface area contributed by atoms with E-state index >= 15 is 0 Å². The number of carbonyl (C=O) groups is 1. The Bertz CT molecular complexity index is 1030. The molecule has 0 bridgehead atoms. The summed E-state index contributed by atoms with van der Waals surface area (Å²) in [7, 11) is 0. The van der Waals surface area contributed by atoms with Crippen LogP contribution in [-0.4, -0.2) is 23.8 Å². The number of ether oxygens (including phenoxy) is 1. The fourth-order valence-electron chi connectivity index (χ4n) is 3.59. The van der Waals surface area contributed by atoms with E-state index < -0.39 is 0 Å². The van der Waals surface area contributed by atoms with E-state index in [1.807, 2.05) is 72.8 Å². The van der Waals surface area contributed by atoms with Crippen molar-refractivity contribution in [3.05, 3.63) is 106 Å². The molecule has 3 aromatic carbocycles. The van der Waals surface area contributed by atoms with Crippen molar-refractivity contribution in [2.24, 2.45) is 0 Å². The number of halogens is 1. The third-order valence-corrected chi connectivity index (χ3v) is 5.49. The quantitative estimate of drug-likeness (QED) is 0.476. The predicted molar refractivity (Wildman–Crippen MR) is 122 cm³/mol. The lowest BCUT2D eigenvalue weighted by Gasteiger charge is -2.27. The van der Waals surface area contributed by atoms with Crippen molar-refractivity contribution in [2.45, 2.75) is 19.6 Å². The molecule has 0 unspecified atom stereocenters. The maximum atomic E-state index is 12.5. The van der Waals surface area contributed by atoms with Crippen LogP contribution in [0.15, 0.2) is 84.4 Å². The summed E-state index contributed by atoms with van der Waals surface area (Å²) >= 11 is 6.44. The fourth-order valence-corrected chi connectivity index (χ4v) is 3.84. The molecule has 0 aliphatic carbocycles.